The molecule has 0 aliphatic rings. The lowest BCUT2D eigenvalue weighted by molar-refractivity contribution is 0.627. The summed E-state index contributed by atoms with van der Waals surface area (Å²) in [5.41, 5.74) is 9.12. The Morgan fingerprint density at radius 1 is 1.20 bits per heavy atom. The van der Waals surface area contributed by atoms with Crippen molar-refractivity contribution in [3.8, 4) is 0 Å². The predicted octanol–water partition coefficient (Wildman–Crippen LogP) is 4.24. The third-order valence-electron chi connectivity index (χ3n) is 3.24. The molecule has 2 rings (SSSR count). The normalized spacial score (nSPS) is 12.2. The van der Waals surface area contributed by atoms with Crippen LogP contribution in [-0.4, -0.2) is 7.05 Å². The third kappa shape index (κ3) is 3.58. The average Bonchev–Trinajstić information content (AvgIpc) is 2.41. The Kier molecular flexibility index (Phi) is 4.78. The van der Waals surface area contributed by atoms with Crippen LogP contribution in [0.1, 0.15) is 24.1 Å². The average molecular weight is 337 g/mol. The van der Waals surface area contributed by atoms with Crippen LogP contribution >= 0.6 is 15.9 Å². The Hall–Kier alpha value is -1.39. The fourth-order valence-electron chi connectivity index (χ4n) is 2.06. The molecule has 2 aromatic rings. The van der Waals surface area contributed by atoms with Crippen LogP contribution in [0, 0.1) is 5.82 Å². The van der Waals surface area contributed by atoms with Crippen LogP contribution in [0.3, 0.4) is 0 Å². The molecule has 0 saturated heterocycles. The first-order valence-electron chi connectivity index (χ1n) is 6.48. The molecule has 0 unspecified atom stereocenters. The first-order valence-corrected chi connectivity index (χ1v) is 7.27. The van der Waals surface area contributed by atoms with E-state index in [2.05, 4.69) is 20.8 Å². The molecule has 0 saturated carbocycles. The summed E-state index contributed by atoms with van der Waals surface area (Å²) in [6.45, 7) is 2.68. The van der Waals surface area contributed by atoms with Crippen LogP contribution in [0.25, 0.3) is 0 Å². The van der Waals surface area contributed by atoms with E-state index < -0.39 is 0 Å². The number of hydrogen-bond acceptors (Lipinski definition) is 2. The fraction of sp³-hybridized carbons (Fsp3) is 0.250. The zero-order valence-corrected chi connectivity index (χ0v) is 13.2. The monoisotopic (exact) mass is 336 g/mol. The van der Waals surface area contributed by atoms with Crippen molar-refractivity contribution in [3.63, 3.8) is 0 Å². The van der Waals surface area contributed by atoms with Gasteiger partial charge < -0.3 is 10.6 Å². The van der Waals surface area contributed by atoms with Crippen molar-refractivity contribution < 1.29 is 4.39 Å². The van der Waals surface area contributed by atoms with Crippen molar-refractivity contribution in [2.75, 3.05) is 11.9 Å². The van der Waals surface area contributed by atoms with Gasteiger partial charge in [-0.05, 0) is 58.2 Å². The van der Waals surface area contributed by atoms with Crippen LogP contribution in [0.2, 0.25) is 0 Å². The number of benzene rings is 2. The van der Waals surface area contributed by atoms with Gasteiger partial charge in [-0.2, -0.15) is 0 Å². The molecule has 2 N–H and O–H groups in total. The molecule has 20 heavy (non-hydrogen) atoms. The molecule has 1 atom stereocenters. The molecule has 0 fully saturated rings. The molecule has 0 radical (unpaired) electrons. The van der Waals surface area contributed by atoms with Crippen LogP contribution < -0.4 is 10.6 Å². The van der Waals surface area contributed by atoms with Gasteiger partial charge in [0.15, 0.2) is 0 Å². The number of nitrogens with zero attached hydrogens (tertiary/aromatic N) is 1. The Morgan fingerprint density at radius 2 is 1.85 bits per heavy atom. The van der Waals surface area contributed by atoms with Crippen LogP contribution in [-0.2, 0) is 6.54 Å². The summed E-state index contributed by atoms with van der Waals surface area (Å²) in [7, 11) is 2.01. The highest BCUT2D eigenvalue weighted by Gasteiger charge is 2.09. The van der Waals surface area contributed by atoms with Gasteiger partial charge in [0.2, 0.25) is 0 Å². The van der Waals surface area contributed by atoms with Gasteiger partial charge in [-0.15, -0.1) is 0 Å². The number of anilines is 1. The molecule has 0 aliphatic carbocycles. The van der Waals surface area contributed by atoms with E-state index in [1.807, 2.05) is 32.2 Å². The Labute approximate surface area is 127 Å². The van der Waals surface area contributed by atoms with Gasteiger partial charge in [-0.25, -0.2) is 4.39 Å². The maximum Gasteiger partial charge on any atom is 0.123 e. The highest BCUT2D eigenvalue weighted by atomic mass is 79.9. The molecule has 4 heteroatoms. The predicted molar refractivity (Wildman–Crippen MR) is 85.3 cm³/mol. The lowest BCUT2D eigenvalue weighted by Gasteiger charge is -2.22. The molecule has 0 heterocycles. The summed E-state index contributed by atoms with van der Waals surface area (Å²) in [4.78, 5) is 2.11. The second-order valence-electron chi connectivity index (χ2n) is 4.98. The summed E-state index contributed by atoms with van der Waals surface area (Å²) in [5, 5.41) is 0. The Morgan fingerprint density at radius 3 is 2.40 bits per heavy atom. The van der Waals surface area contributed by atoms with E-state index in [0.29, 0.717) is 0 Å². The molecule has 2 aromatic carbocycles. The summed E-state index contributed by atoms with van der Waals surface area (Å²) in [5.74, 6) is -0.209. The maximum absolute atomic E-state index is 12.9. The summed E-state index contributed by atoms with van der Waals surface area (Å²) in [6.07, 6.45) is 0. The molecule has 0 spiro atoms. The van der Waals surface area contributed by atoms with Gasteiger partial charge in [-0.1, -0.05) is 18.2 Å². The highest BCUT2D eigenvalue weighted by molar-refractivity contribution is 9.10. The van der Waals surface area contributed by atoms with Crippen LogP contribution in [0.5, 0.6) is 0 Å². The third-order valence-corrected chi connectivity index (χ3v) is 3.88. The maximum atomic E-state index is 12.9. The van der Waals surface area contributed by atoms with Crippen molar-refractivity contribution in [2.45, 2.75) is 19.5 Å². The topological polar surface area (TPSA) is 29.3 Å². The van der Waals surface area contributed by atoms with Gasteiger partial charge in [0.05, 0.1) is 5.69 Å². The molecule has 0 aromatic heterocycles. The van der Waals surface area contributed by atoms with Crippen LogP contribution in [0.4, 0.5) is 10.1 Å². The molecule has 0 bridgehead atoms. The van der Waals surface area contributed by atoms with E-state index in [4.69, 9.17) is 5.73 Å². The molecule has 0 aliphatic heterocycles. The number of hydrogen-bond donors (Lipinski definition) is 1. The molecule has 106 valence electrons. The molecule has 0 amide bonds. The minimum atomic E-state index is -0.209. The SMILES string of the molecule is C[C@@H](N)c1ccc(N(C)Cc2ccc(F)cc2)c(Br)c1. The number of halogens is 2. The van der Waals surface area contributed by atoms with Crippen molar-refractivity contribution in [2.24, 2.45) is 5.73 Å². The second-order valence-corrected chi connectivity index (χ2v) is 5.84. The lowest BCUT2D eigenvalue weighted by Crippen LogP contribution is -2.17. The Balaban J connectivity index is 2.16. The molecular weight excluding hydrogens is 319 g/mol. The summed E-state index contributed by atoms with van der Waals surface area (Å²) >= 11 is 3.58. The van der Waals surface area contributed by atoms with Gasteiger partial charge in [0.25, 0.3) is 0 Å². The van der Waals surface area contributed by atoms with Gasteiger partial charge >= 0.3 is 0 Å². The van der Waals surface area contributed by atoms with E-state index in [9.17, 15) is 4.39 Å². The largest absolute Gasteiger partial charge is 0.369 e. The van der Waals surface area contributed by atoms with E-state index >= 15 is 0 Å². The van der Waals surface area contributed by atoms with Crippen molar-refractivity contribution in [1.29, 1.82) is 0 Å². The van der Waals surface area contributed by atoms with Gasteiger partial charge in [0, 0.05) is 24.1 Å². The second kappa shape index (κ2) is 6.37. The standard InChI is InChI=1S/C16H18BrFN2/c1-11(19)13-5-8-16(15(17)9-13)20(2)10-12-3-6-14(18)7-4-12/h3-9,11H,10,19H2,1-2H3/t11-/m1/s1. The smallest absolute Gasteiger partial charge is 0.123 e. The first-order chi connectivity index (χ1) is 9.47. The van der Waals surface area contributed by atoms with E-state index in [-0.39, 0.29) is 11.9 Å². The zero-order valence-electron chi connectivity index (χ0n) is 11.6. The minimum Gasteiger partial charge on any atom is -0.369 e. The number of nitrogens with two attached hydrogens (primary N) is 1. The van der Waals surface area contributed by atoms with Gasteiger partial charge in [0.1, 0.15) is 5.82 Å². The minimum absolute atomic E-state index is 0.0164. The van der Waals surface area contributed by atoms with Gasteiger partial charge in [-0.3, -0.25) is 0 Å². The summed E-state index contributed by atoms with van der Waals surface area (Å²) in [6, 6.07) is 12.7. The lowest BCUT2D eigenvalue weighted by atomic mass is 10.1. The number of rotatable bonds is 4. The van der Waals surface area contributed by atoms with Crippen LogP contribution in [0.15, 0.2) is 46.9 Å². The van der Waals surface area contributed by atoms with Crippen molar-refractivity contribution in [1.82, 2.24) is 0 Å². The zero-order chi connectivity index (χ0) is 14.7. The molecule has 2 nitrogen and oxygen atoms in total. The van der Waals surface area contributed by atoms with Crippen molar-refractivity contribution >= 4 is 21.6 Å². The highest BCUT2D eigenvalue weighted by Crippen LogP contribution is 2.29. The van der Waals surface area contributed by atoms with Crippen molar-refractivity contribution in [3.05, 3.63) is 63.9 Å². The van der Waals surface area contributed by atoms with E-state index in [1.165, 1.54) is 12.1 Å². The first kappa shape index (κ1) is 15.0. The summed E-state index contributed by atoms with van der Waals surface area (Å²) < 4.78 is 13.9. The van der Waals surface area contributed by atoms with E-state index in [1.54, 1.807) is 12.1 Å². The Bertz CT molecular complexity index is 582. The fourth-order valence-corrected chi connectivity index (χ4v) is 2.76. The quantitative estimate of drug-likeness (QED) is 0.904. The molecular formula is C16H18BrFN2. The van der Waals surface area contributed by atoms with E-state index in [0.717, 1.165) is 27.8 Å².